The number of nitrogens with zero attached hydrogens (tertiary/aromatic N) is 1. The van der Waals surface area contributed by atoms with Crippen LogP contribution >= 0.6 is 0 Å². The van der Waals surface area contributed by atoms with E-state index in [1.165, 1.54) is 6.92 Å². The third-order valence-corrected chi connectivity index (χ3v) is 3.45. The molecule has 0 radical (unpaired) electrons. The Balaban J connectivity index is 2.38. The summed E-state index contributed by atoms with van der Waals surface area (Å²) in [5, 5.41) is 5.99. The van der Waals surface area contributed by atoms with Gasteiger partial charge in [-0.15, -0.1) is 0 Å². The second-order valence-electron chi connectivity index (χ2n) is 3.42. The third-order valence-electron chi connectivity index (χ3n) is 1.88. The Kier molecular flexibility index (Phi) is 4.71. The molecule has 0 fully saturated rings. The van der Waals surface area contributed by atoms with Gasteiger partial charge in [0.05, 0.1) is 18.5 Å². The van der Waals surface area contributed by atoms with Gasteiger partial charge in [0.15, 0.2) is 0 Å². The van der Waals surface area contributed by atoms with Gasteiger partial charge in [-0.2, -0.15) is 18.3 Å². The number of aryl methyl sites for hydroxylation is 1. The van der Waals surface area contributed by atoms with E-state index in [1.54, 1.807) is 0 Å². The highest BCUT2D eigenvalue weighted by molar-refractivity contribution is 7.89. The van der Waals surface area contributed by atoms with Crippen LogP contribution in [0.25, 0.3) is 0 Å². The molecule has 0 bridgehead atoms. The minimum absolute atomic E-state index is 0.0432. The van der Waals surface area contributed by atoms with Crippen molar-refractivity contribution in [2.45, 2.75) is 18.0 Å². The normalized spacial score (nSPS) is 12.9. The van der Waals surface area contributed by atoms with Crippen LogP contribution in [0.2, 0.25) is 0 Å². The van der Waals surface area contributed by atoms with Crippen molar-refractivity contribution in [3.8, 4) is 0 Å². The predicted octanol–water partition coefficient (Wildman–Crippen LogP) is 0.575. The fourth-order valence-corrected chi connectivity index (χ4v) is 2.27. The van der Waals surface area contributed by atoms with E-state index in [9.17, 15) is 21.6 Å². The van der Waals surface area contributed by atoms with Gasteiger partial charge >= 0.3 is 6.18 Å². The molecule has 1 aromatic rings. The Labute approximate surface area is 102 Å². The first-order valence-corrected chi connectivity index (χ1v) is 6.35. The number of aromatic nitrogens is 2. The summed E-state index contributed by atoms with van der Waals surface area (Å²) in [6.07, 6.45) is -3.30. The van der Waals surface area contributed by atoms with Crippen LogP contribution < -0.4 is 4.72 Å². The molecule has 6 nitrogen and oxygen atoms in total. The highest BCUT2D eigenvalue weighted by atomic mass is 32.2. The number of halogens is 3. The molecule has 0 saturated heterocycles. The van der Waals surface area contributed by atoms with E-state index in [-0.39, 0.29) is 18.0 Å². The van der Waals surface area contributed by atoms with Crippen molar-refractivity contribution >= 4 is 10.0 Å². The number of aromatic amines is 1. The van der Waals surface area contributed by atoms with Crippen LogP contribution in [0.4, 0.5) is 13.2 Å². The zero-order chi connectivity index (χ0) is 13.8. The number of hydrogen-bond donors (Lipinski definition) is 2. The number of nitrogens with one attached hydrogen (secondary N) is 2. The Morgan fingerprint density at radius 2 is 2.17 bits per heavy atom. The van der Waals surface area contributed by atoms with Crippen LogP contribution in [0.3, 0.4) is 0 Å². The van der Waals surface area contributed by atoms with Gasteiger partial charge in [0.25, 0.3) is 0 Å². The first kappa shape index (κ1) is 14.9. The molecule has 10 heteroatoms. The number of H-pyrrole nitrogens is 1. The third kappa shape index (κ3) is 4.63. The smallest absolute Gasteiger partial charge is 0.371 e. The lowest BCUT2D eigenvalue weighted by Crippen LogP contribution is -2.29. The van der Waals surface area contributed by atoms with Gasteiger partial charge in [-0.3, -0.25) is 5.10 Å². The second-order valence-corrected chi connectivity index (χ2v) is 5.16. The van der Waals surface area contributed by atoms with Crippen LogP contribution in [-0.4, -0.2) is 44.5 Å². The van der Waals surface area contributed by atoms with Crippen molar-refractivity contribution in [3.05, 3.63) is 11.9 Å². The molecule has 0 unspecified atom stereocenters. The molecule has 2 N–H and O–H groups in total. The summed E-state index contributed by atoms with van der Waals surface area (Å²) in [5.41, 5.74) is 0.346. The molecular formula is C8H12F3N3O3S. The topological polar surface area (TPSA) is 84.1 Å². The lowest BCUT2D eigenvalue weighted by molar-refractivity contribution is -0.173. The lowest BCUT2D eigenvalue weighted by atomic mass is 10.5. The molecule has 0 amide bonds. The summed E-state index contributed by atoms with van der Waals surface area (Å²) < 4.78 is 64.8. The minimum atomic E-state index is -4.42. The summed E-state index contributed by atoms with van der Waals surface area (Å²) in [4.78, 5) is -0.0432. The number of alkyl halides is 3. The van der Waals surface area contributed by atoms with Crippen LogP contribution in [-0.2, 0) is 14.8 Å². The summed E-state index contributed by atoms with van der Waals surface area (Å²) in [6, 6.07) is 0. The first-order chi connectivity index (χ1) is 8.22. The molecule has 0 saturated carbocycles. The largest absolute Gasteiger partial charge is 0.411 e. The summed E-state index contributed by atoms with van der Waals surface area (Å²) in [6.45, 7) is -0.500. The van der Waals surface area contributed by atoms with Crippen LogP contribution in [0, 0.1) is 6.92 Å². The van der Waals surface area contributed by atoms with Crippen molar-refractivity contribution < 1.29 is 26.3 Å². The SMILES string of the molecule is Cc1[nH]ncc1S(=O)(=O)NCCOCC(F)(F)F. The van der Waals surface area contributed by atoms with Crippen molar-refractivity contribution in [2.75, 3.05) is 19.8 Å². The maximum atomic E-state index is 11.7. The number of ether oxygens (including phenoxy) is 1. The maximum absolute atomic E-state index is 11.7. The van der Waals surface area contributed by atoms with E-state index in [4.69, 9.17) is 0 Å². The Morgan fingerprint density at radius 3 is 2.67 bits per heavy atom. The summed E-state index contributed by atoms with van der Waals surface area (Å²) in [7, 11) is -3.77. The molecule has 1 aromatic heterocycles. The molecule has 0 spiro atoms. The quantitative estimate of drug-likeness (QED) is 0.749. The second kappa shape index (κ2) is 5.67. The minimum Gasteiger partial charge on any atom is -0.371 e. The van der Waals surface area contributed by atoms with E-state index in [0.29, 0.717) is 5.69 Å². The molecule has 0 atom stereocenters. The molecule has 0 aliphatic heterocycles. The number of hydrogen-bond acceptors (Lipinski definition) is 4. The lowest BCUT2D eigenvalue weighted by Gasteiger charge is -2.08. The van der Waals surface area contributed by atoms with Crippen molar-refractivity contribution in [2.24, 2.45) is 0 Å². The first-order valence-electron chi connectivity index (χ1n) is 4.86. The van der Waals surface area contributed by atoms with E-state index in [0.717, 1.165) is 6.20 Å². The Morgan fingerprint density at radius 1 is 1.50 bits per heavy atom. The molecular weight excluding hydrogens is 275 g/mol. The molecule has 1 heterocycles. The fraction of sp³-hybridized carbons (Fsp3) is 0.625. The van der Waals surface area contributed by atoms with Crippen molar-refractivity contribution in [1.29, 1.82) is 0 Å². The zero-order valence-electron chi connectivity index (χ0n) is 9.41. The number of rotatable bonds is 6. The molecule has 0 aliphatic carbocycles. The monoisotopic (exact) mass is 287 g/mol. The number of sulfonamides is 1. The van der Waals surface area contributed by atoms with E-state index >= 15 is 0 Å². The van der Waals surface area contributed by atoms with Gasteiger partial charge in [0.2, 0.25) is 10.0 Å². The van der Waals surface area contributed by atoms with E-state index < -0.39 is 22.8 Å². The van der Waals surface area contributed by atoms with Gasteiger partial charge in [0.1, 0.15) is 11.5 Å². The Bertz CT molecular complexity index is 483. The highest BCUT2D eigenvalue weighted by Crippen LogP contribution is 2.14. The molecule has 1 rings (SSSR count). The summed E-state index contributed by atoms with van der Waals surface area (Å²) in [5.74, 6) is 0. The van der Waals surface area contributed by atoms with Crippen molar-refractivity contribution in [1.82, 2.24) is 14.9 Å². The highest BCUT2D eigenvalue weighted by Gasteiger charge is 2.27. The van der Waals surface area contributed by atoms with Gasteiger partial charge in [-0.25, -0.2) is 13.1 Å². The molecule has 0 aromatic carbocycles. The van der Waals surface area contributed by atoms with Crippen LogP contribution in [0.5, 0.6) is 0 Å². The van der Waals surface area contributed by atoms with Gasteiger partial charge in [-0.05, 0) is 6.92 Å². The summed E-state index contributed by atoms with van der Waals surface area (Å²) >= 11 is 0. The zero-order valence-corrected chi connectivity index (χ0v) is 10.2. The predicted molar refractivity (Wildman–Crippen MR) is 55.4 cm³/mol. The van der Waals surface area contributed by atoms with Gasteiger partial charge < -0.3 is 4.74 Å². The van der Waals surface area contributed by atoms with Gasteiger partial charge in [0, 0.05) is 6.54 Å². The maximum Gasteiger partial charge on any atom is 0.411 e. The van der Waals surface area contributed by atoms with Gasteiger partial charge in [-0.1, -0.05) is 0 Å². The van der Waals surface area contributed by atoms with E-state index in [2.05, 4.69) is 19.7 Å². The fourth-order valence-electron chi connectivity index (χ4n) is 1.12. The average molecular weight is 287 g/mol. The molecule has 0 aliphatic rings. The average Bonchev–Trinajstić information content (AvgIpc) is 2.62. The van der Waals surface area contributed by atoms with E-state index in [1.807, 2.05) is 0 Å². The van der Waals surface area contributed by atoms with Crippen LogP contribution in [0.1, 0.15) is 5.69 Å². The van der Waals surface area contributed by atoms with Crippen LogP contribution in [0.15, 0.2) is 11.1 Å². The Hall–Kier alpha value is -1.13. The molecule has 104 valence electrons. The molecule has 18 heavy (non-hydrogen) atoms. The standard InChI is InChI=1S/C8H12F3N3O3S/c1-6-7(4-12-14-6)18(15,16)13-2-3-17-5-8(9,10)11/h4,13H,2-3,5H2,1H3,(H,12,14). The van der Waals surface area contributed by atoms with Crippen molar-refractivity contribution in [3.63, 3.8) is 0 Å².